The number of aliphatic imine (C=N–C) groups is 1. The van der Waals surface area contributed by atoms with Gasteiger partial charge in [0, 0.05) is 24.2 Å². The number of halogens is 6. The second kappa shape index (κ2) is 8.32. The number of alkyl halides is 6. The van der Waals surface area contributed by atoms with Crippen molar-refractivity contribution in [2.75, 3.05) is 12.0 Å². The van der Waals surface area contributed by atoms with Gasteiger partial charge in [-0.25, -0.2) is 4.98 Å². The van der Waals surface area contributed by atoms with E-state index in [4.69, 9.17) is 0 Å². The molecule has 2 aromatic rings. The van der Waals surface area contributed by atoms with E-state index in [0.29, 0.717) is 17.8 Å². The minimum atomic E-state index is -5.07. The number of carbonyl (C=O) groups excluding carboxylic acids is 1. The normalized spacial score (nSPS) is 18.5. The van der Waals surface area contributed by atoms with E-state index in [1.165, 1.54) is 18.6 Å². The van der Waals surface area contributed by atoms with Crippen molar-refractivity contribution in [3.63, 3.8) is 0 Å². The summed E-state index contributed by atoms with van der Waals surface area (Å²) in [4.78, 5) is 24.8. The number of benzene rings is 1. The Morgan fingerprint density at radius 2 is 1.65 bits per heavy atom. The van der Waals surface area contributed by atoms with Gasteiger partial charge in [0.05, 0.1) is 29.4 Å². The average molecular weight is 444 g/mol. The third-order valence-electron chi connectivity index (χ3n) is 4.12. The number of hydrazone groups is 1. The summed E-state index contributed by atoms with van der Waals surface area (Å²) < 4.78 is 78.5. The third kappa shape index (κ3) is 5.35. The largest absolute Gasteiger partial charge is 0.416 e. The molecule has 0 saturated heterocycles. The van der Waals surface area contributed by atoms with Crippen molar-refractivity contribution in [3.8, 4) is 0 Å². The fourth-order valence-corrected chi connectivity index (χ4v) is 2.68. The van der Waals surface area contributed by atoms with Crippen LogP contribution in [0.3, 0.4) is 0 Å². The summed E-state index contributed by atoms with van der Waals surface area (Å²) in [6, 6.07) is -0.339. The Kier molecular flexibility index (Phi) is 5.95. The molecule has 1 aliphatic rings. The highest BCUT2D eigenvalue weighted by atomic mass is 19.4. The van der Waals surface area contributed by atoms with Gasteiger partial charge in [-0.3, -0.25) is 20.2 Å². The van der Waals surface area contributed by atoms with Gasteiger partial charge in [0.15, 0.2) is 5.82 Å². The van der Waals surface area contributed by atoms with Gasteiger partial charge in [-0.05, 0) is 25.1 Å². The second-order valence-corrected chi connectivity index (χ2v) is 6.47. The number of hydrogen-bond acceptors (Lipinski definition) is 6. The van der Waals surface area contributed by atoms with Crippen LogP contribution in [-0.2, 0) is 12.4 Å². The van der Waals surface area contributed by atoms with Crippen molar-refractivity contribution >= 4 is 23.7 Å². The lowest BCUT2D eigenvalue weighted by molar-refractivity contribution is -0.143. The minimum Gasteiger partial charge on any atom is -0.342 e. The van der Waals surface area contributed by atoms with E-state index >= 15 is 0 Å². The maximum atomic E-state index is 13.1. The molecular weight excluding hydrogens is 430 g/mol. The van der Waals surface area contributed by atoms with Crippen LogP contribution in [0.5, 0.6) is 0 Å². The van der Waals surface area contributed by atoms with E-state index in [0.717, 1.165) is 0 Å². The monoisotopic (exact) mass is 444 g/mol. The first-order valence-corrected chi connectivity index (χ1v) is 8.66. The number of carbonyl (C=O) groups is 1. The van der Waals surface area contributed by atoms with E-state index < -0.39 is 41.0 Å². The molecule has 0 saturated carbocycles. The highest BCUT2D eigenvalue weighted by Gasteiger charge is 2.37. The Morgan fingerprint density at radius 1 is 1.03 bits per heavy atom. The fraction of sp³-hybridized carbons (Fsp3) is 0.278. The third-order valence-corrected chi connectivity index (χ3v) is 4.12. The van der Waals surface area contributed by atoms with Crippen molar-refractivity contribution < 1.29 is 31.1 Å². The molecule has 13 heteroatoms. The molecule has 1 aliphatic heterocycles. The van der Waals surface area contributed by atoms with Gasteiger partial charge in [-0.15, -0.1) is 0 Å². The molecular formula is C18H14F6N6O. The smallest absolute Gasteiger partial charge is 0.342 e. The maximum Gasteiger partial charge on any atom is 0.416 e. The highest BCUT2D eigenvalue weighted by Crippen LogP contribution is 2.36. The predicted octanol–water partition coefficient (Wildman–Crippen LogP) is 3.86. The number of nitrogens with one attached hydrogen (secondary N) is 2. The molecule has 0 aliphatic carbocycles. The maximum absolute atomic E-state index is 13.1. The quantitative estimate of drug-likeness (QED) is 0.689. The Hall–Kier alpha value is -3.51. The molecule has 7 nitrogen and oxygen atoms in total. The number of amides is 1. The first kappa shape index (κ1) is 22.2. The van der Waals surface area contributed by atoms with Crippen molar-refractivity contribution in [1.29, 1.82) is 0 Å². The van der Waals surface area contributed by atoms with E-state index in [-0.39, 0.29) is 24.1 Å². The molecule has 1 aromatic heterocycles. The molecule has 0 bridgehead atoms. The number of fused-ring (bicyclic) bond motifs is 1. The molecule has 0 fully saturated rings. The summed E-state index contributed by atoms with van der Waals surface area (Å²) in [5, 5.41) is 6.36. The van der Waals surface area contributed by atoms with Crippen molar-refractivity contribution in [2.45, 2.75) is 25.3 Å². The van der Waals surface area contributed by atoms with Gasteiger partial charge in [-0.1, -0.05) is 0 Å². The lowest BCUT2D eigenvalue weighted by Crippen LogP contribution is -2.32. The molecule has 1 amide bonds. The SMILES string of the molecule is C/C1=N/Nc2nccnc2C(NC(=O)c2cc(C(F)(F)F)cc(C(F)(F)F)c2)CN=C1. The summed E-state index contributed by atoms with van der Waals surface area (Å²) in [5.74, 6) is -1.01. The molecule has 2 N–H and O–H groups in total. The van der Waals surface area contributed by atoms with E-state index in [9.17, 15) is 31.1 Å². The predicted molar refractivity (Wildman–Crippen MR) is 98.8 cm³/mol. The summed E-state index contributed by atoms with van der Waals surface area (Å²) >= 11 is 0. The van der Waals surface area contributed by atoms with Crippen LogP contribution in [0.15, 0.2) is 40.7 Å². The summed E-state index contributed by atoms with van der Waals surface area (Å²) in [6.45, 7) is 1.53. The standard InChI is InChI=1S/C18H14F6N6O/c1-9-7-25-8-13(14-15(30-29-9)27-3-2-26-14)28-16(31)10-4-11(17(19,20)21)6-12(5-10)18(22,23)24/h2-7,13H,8H2,1H3,(H,27,30)(H,28,31)/b25-7?,29-9-. The second-order valence-electron chi connectivity index (χ2n) is 6.47. The van der Waals surface area contributed by atoms with Gasteiger partial charge >= 0.3 is 12.4 Å². The van der Waals surface area contributed by atoms with Gasteiger partial charge in [0.1, 0.15) is 5.69 Å². The zero-order valence-electron chi connectivity index (χ0n) is 15.7. The first-order valence-electron chi connectivity index (χ1n) is 8.66. The van der Waals surface area contributed by atoms with Crippen LogP contribution in [0.4, 0.5) is 32.2 Å². The van der Waals surface area contributed by atoms with Crippen LogP contribution in [0.2, 0.25) is 0 Å². The molecule has 1 unspecified atom stereocenters. The Morgan fingerprint density at radius 3 is 2.26 bits per heavy atom. The molecule has 164 valence electrons. The highest BCUT2D eigenvalue weighted by molar-refractivity contribution is 6.29. The van der Waals surface area contributed by atoms with Crippen LogP contribution in [0.25, 0.3) is 0 Å². The van der Waals surface area contributed by atoms with Crippen molar-refractivity contribution in [1.82, 2.24) is 15.3 Å². The Balaban J connectivity index is 1.98. The molecule has 1 atom stereocenters. The average Bonchev–Trinajstić information content (AvgIpc) is 2.76. The number of nitrogens with zero attached hydrogens (tertiary/aromatic N) is 4. The molecule has 2 heterocycles. The van der Waals surface area contributed by atoms with Crippen molar-refractivity contribution in [3.05, 3.63) is 53.0 Å². The fourth-order valence-electron chi connectivity index (χ4n) is 2.68. The van der Waals surface area contributed by atoms with Crippen LogP contribution in [0.1, 0.15) is 40.1 Å². The topological polar surface area (TPSA) is 91.6 Å². The van der Waals surface area contributed by atoms with E-state index in [1.54, 1.807) is 6.92 Å². The van der Waals surface area contributed by atoms with Crippen LogP contribution in [-0.4, -0.2) is 34.3 Å². The zero-order valence-corrected chi connectivity index (χ0v) is 15.7. The van der Waals surface area contributed by atoms with Gasteiger partial charge in [0.2, 0.25) is 0 Å². The van der Waals surface area contributed by atoms with Crippen LogP contribution >= 0.6 is 0 Å². The summed E-state index contributed by atoms with van der Waals surface area (Å²) in [7, 11) is 0. The first-order chi connectivity index (χ1) is 14.4. The minimum absolute atomic E-state index is 0.0497. The zero-order chi connectivity index (χ0) is 22.8. The van der Waals surface area contributed by atoms with Gasteiger partial charge < -0.3 is 5.32 Å². The van der Waals surface area contributed by atoms with Gasteiger partial charge in [0.25, 0.3) is 5.91 Å². The van der Waals surface area contributed by atoms with Crippen LogP contribution < -0.4 is 10.7 Å². The molecule has 0 spiro atoms. The van der Waals surface area contributed by atoms with Crippen LogP contribution in [0, 0.1) is 0 Å². The molecule has 3 rings (SSSR count). The number of aromatic nitrogens is 2. The Bertz CT molecular complexity index is 1010. The number of rotatable bonds is 2. The molecule has 0 radical (unpaired) electrons. The lowest BCUT2D eigenvalue weighted by atomic mass is 10.0. The molecule has 1 aromatic carbocycles. The number of hydrogen-bond donors (Lipinski definition) is 2. The summed E-state index contributed by atoms with van der Waals surface area (Å²) in [5.41, 5.74) is -0.732. The number of anilines is 1. The summed E-state index contributed by atoms with van der Waals surface area (Å²) in [6.07, 6.45) is -6.12. The van der Waals surface area contributed by atoms with Crippen molar-refractivity contribution in [2.24, 2.45) is 10.1 Å². The lowest BCUT2D eigenvalue weighted by Gasteiger charge is -2.19. The van der Waals surface area contributed by atoms with Gasteiger partial charge in [-0.2, -0.15) is 31.4 Å². The van der Waals surface area contributed by atoms with E-state index in [2.05, 4.69) is 30.8 Å². The van der Waals surface area contributed by atoms with E-state index in [1.807, 2.05) is 0 Å². The Labute approximate surface area is 171 Å². The molecule has 31 heavy (non-hydrogen) atoms.